The Morgan fingerprint density at radius 2 is 1.93 bits per heavy atom. The molecule has 28 heavy (non-hydrogen) atoms. The SMILES string of the molecule is CCC(CNC(=NC)NCC(C)(C)CCS(C)(=O)=O)Oc1ccccc1F.I. The molecule has 0 radical (unpaired) electrons. The number of para-hydroxylation sites is 1. The fourth-order valence-electron chi connectivity index (χ4n) is 2.29. The van der Waals surface area contributed by atoms with Crippen molar-refractivity contribution in [3.8, 4) is 5.75 Å². The van der Waals surface area contributed by atoms with Crippen LogP contribution in [0.25, 0.3) is 0 Å². The summed E-state index contributed by atoms with van der Waals surface area (Å²) in [7, 11) is -1.32. The second-order valence-corrected chi connectivity index (χ2v) is 9.69. The Morgan fingerprint density at radius 3 is 2.46 bits per heavy atom. The van der Waals surface area contributed by atoms with Crippen LogP contribution in [-0.4, -0.2) is 52.6 Å². The molecule has 1 aromatic rings. The number of nitrogens with zero attached hydrogens (tertiary/aromatic N) is 1. The van der Waals surface area contributed by atoms with Crippen LogP contribution in [0.4, 0.5) is 4.39 Å². The highest BCUT2D eigenvalue weighted by Gasteiger charge is 2.21. The summed E-state index contributed by atoms with van der Waals surface area (Å²) in [5.74, 6) is 0.599. The lowest BCUT2D eigenvalue weighted by molar-refractivity contribution is 0.191. The Labute approximate surface area is 185 Å². The lowest BCUT2D eigenvalue weighted by atomic mass is 9.90. The lowest BCUT2D eigenvalue weighted by Gasteiger charge is -2.26. The highest BCUT2D eigenvalue weighted by atomic mass is 127. The van der Waals surface area contributed by atoms with E-state index in [0.29, 0.717) is 31.9 Å². The van der Waals surface area contributed by atoms with Crippen LogP contribution in [0.15, 0.2) is 29.3 Å². The highest BCUT2D eigenvalue weighted by Crippen LogP contribution is 2.20. The Kier molecular flexibility index (Phi) is 12.0. The highest BCUT2D eigenvalue weighted by molar-refractivity contribution is 14.0. The summed E-state index contributed by atoms with van der Waals surface area (Å²) in [6, 6.07) is 6.33. The number of aliphatic imine (C=N–C) groups is 1. The fraction of sp³-hybridized carbons (Fsp3) is 0.632. The van der Waals surface area contributed by atoms with E-state index in [1.807, 2.05) is 20.8 Å². The molecular formula is C19H33FIN3O3S. The minimum atomic E-state index is -2.98. The van der Waals surface area contributed by atoms with Crippen molar-refractivity contribution in [3.05, 3.63) is 30.1 Å². The van der Waals surface area contributed by atoms with Crippen molar-refractivity contribution < 1.29 is 17.5 Å². The molecule has 9 heteroatoms. The maximum Gasteiger partial charge on any atom is 0.191 e. The largest absolute Gasteiger partial charge is 0.486 e. The maximum absolute atomic E-state index is 13.7. The third-order valence-electron chi connectivity index (χ3n) is 4.19. The number of halogens is 2. The average molecular weight is 529 g/mol. The molecule has 0 aliphatic heterocycles. The summed E-state index contributed by atoms with van der Waals surface area (Å²) in [6.45, 7) is 7.03. The molecule has 0 fully saturated rings. The monoisotopic (exact) mass is 529 g/mol. The van der Waals surface area contributed by atoms with Gasteiger partial charge in [-0.05, 0) is 30.4 Å². The maximum atomic E-state index is 13.7. The zero-order chi connectivity index (χ0) is 20.5. The molecule has 162 valence electrons. The zero-order valence-corrected chi connectivity index (χ0v) is 20.4. The molecule has 0 aromatic heterocycles. The molecule has 6 nitrogen and oxygen atoms in total. The predicted molar refractivity (Wildman–Crippen MR) is 124 cm³/mol. The molecule has 0 saturated heterocycles. The molecule has 0 saturated carbocycles. The van der Waals surface area contributed by atoms with E-state index in [1.165, 1.54) is 12.3 Å². The van der Waals surface area contributed by atoms with Gasteiger partial charge in [0.2, 0.25) is 0 Å². The van der Waals surface area contributed by atoms with E-state index >= 15 is 0 Å². The van der Waals surface area contributed by atoms with Crippen molar-refractivity contribution in [2.24, 2.45) is 10.4 Å². The fourth-order valence-corrected chi connectivity index (χ4v) is 3.22. The second-order valence-electron chi connectivity index (χ2n) is 7.43. The Hall–Kier alpha value is -1.10. The normalized spacial score (nSPS) is 13.4. The summed E-state index contributed by atoms with van der Waals surface area (Å²) < 4.78 is 42.2. The first-order valence-electron chi connectivity index (χ1n) is 9.10. The smallest absolute Gasteiger partial charge is 0.191 e. The van der Waals surface area contributed by atoms with Gasteiger partial charge in [-0.3, -0.25) is 4.99 Å². The van der Waals surface area contributed by atoms with E-state index in [4.69, 9.17) is 4.74 Å². The summed E-state index contributed by atoms with van der Waals surface area (Å²) in [4.78, 5) is 4.18. The molecule has 0 spiro atoms. The number of hydrogen-bond donors (Lipinski definition) is 2. The number of hydrogen-bond acceptors (Lipinski definition) is 4. The van der Waals surface area contributed by atoms with Crippen LogP contribution in [0.1, 0.15) is 33.6 Å². The summed E-state index contributed by atoms with van der Waals surface area (Å²) >= 11 is 0. The van der Waals surface area contributed by atoms with Crippen molar-refractivity contribution in [1.82, 2.24) is 10.6 Å². The van der Waals surface area contributed by atoms with Crippen LogP contribution in [0.2, 0.25) is 0 Å². The van der Waals surface area contributed by atoms with Crippen LogP contribution >= 0.6 is 24.0 Å². The molecule has 1 rings (SSSR count). The van der Waals surface area contributed by atoms with Crippen LogP contribution in [0.5, 0.6) is 5.75 Å². The molecule has 0 heterocycles. The molecule has 0 amide bonds. The average Bonchev–Trinajstić information content (AvgIpc) is 2.60. The first-order valence-corrected chi connectivity index (χ1v) is 11.2. The van der Waals surface area contributed by atoms with E-state index in [0.717, 1.165) is 0 Å². The molecule has 1 unspecified atom stereocenters. The van der Waals surface area contributed by atoms with E-state index < -0.39 is 9.84 Å². The van der Waals surface area contributed by atoms with E-state index in [2.05, 4.69) is 15.6 Å². The molecule has 2 N–H and O–H groups in total. The van der Waals surface area contributed by atoms with Gasteiger partial charge in [-0.15, -0.1) is 24.0 Å². The van der Waals surface area contributed by atoms with Crippen LogP contribution < -0.4 is 15.4 Å². The standard InChI is InChI=1S/C19H32FN3O3S.HI/c1-6-15(26-17-10-8-7-9-16(17)20)13-22-18(21-4)23-14-19(2,3)11-12-27(5,24)25;/h7-10,15H,6,11-14H2,1-5H3,(H2,21,22,23);1H. The summed E-state index contributed by atoms with van der Waals surface area (Å²) in [5, 5.41) is 6.39. The third kappa shape index (κ3) is 11.0. The first-order chi connectivity index (χ1) is 12.6. The van der Waals surface area contributed by atoms with Crippen molar-refractivity contribution in [2.75, 3.05) is 32.1 Å². The second kappa shape index (κ2) is 12.5. The zero-order valence-electron chi connectivity index (χ0n) is 17.3. The van der Waals surface area contributed by atoms with Crippen LogP contribution in [0.3, 0.4) is 0 Å². The third-order valence-corrected chi connectivity index (χ3v) is 5.14. The molecular weight excluding hydrogens is 496 g/mol. The van der Waals surface area contributed by atoms with E-state index in [-0.39, 0.29) is 52.8 Å². The van der Waals surface area contributed by atoms with Crippen LogP contribution in [0, 0.1) is 11.2 Å². The van der Waals surface area contributed by atoms with E-state index in [1.54, 1.807) is 25.2 Å². The van der Waals surface area contributed by atoms with Crippen molar-refractivity contribution >= 4 is 39.8 Å². The van der Waals surface area contributed by atoms with Gasteiger partial charge in [0.05, 0.1) is 12.3 Å². The number of rotatable bonds is 10. The minimum Gasteiger partial charge on any atom is -0.486 e. The van der Waals surface area contributed by atoms with Gasteiger partial charge in [0.15, 0.2) is 17.5 Å². The molecule has 1 atom stereocenters. The van der Waals surface area contributed by atoms with Crippen molar-refractivity contribution in [2.45, 2.75) is 39.7 Å². The lowest BCUT2D eigenvalue weighted by Crippen LogP contribution is -2.45. The predicted octanol–water partition coefficient (Wildman–Crippen LogP) is 3.23. The topological polar surface area (TPSA) is 79.8 Å². The molecule has 0 aliphatic carbocycles. The number of nitrogens with one attached hydrogen (secondary N) is 2. The quantitative estimate of drug-likeness (QED) is 0.277. The molecule has 1 aromatic carbocycles. The van der Waals surface area contributed by atoms with Gasteiger partial charge in [0, 0.05) is 19.8 Å². The van der Waals surface area contributed by atoms with Gasteiger partial charge in [-0.1, -0.05) is 32.9 Å². The summed E-state index contributed by atoms with van der Waals surface area (Å²) in [6.07, 6.45) is 2.30. The number of benzene rings is 1. The minimum absolute atomic E-state index is 0. The molecule has 0 aliphatic rings. The van der Waals surface area contributed by atoms with Gasteiger partial charge in [0.1, 0.15) is 15.9 Å². The molecule has 0 bridgehead atoms. The number of sulfone groups is 1. The Bertz CT molecular complexity index is 727. The Balaban J connectivity index is 0.00000729. The first kappa shape index (κ1) is 26.9. The van der Waals surface area contributed by atoms with Gasteiger partial charge < -0.3 is 15.4 Å². The van der Waals surface area contributed by atoms with Gasteiger partial charge in [-0.25, -0.2) is 12.8 Å². The van der Waals surface area contributed by atoms with Gasteiger partial charge in [0.25, 0.3) is 0 Å². The Morgan fingerprint density at radius 1 is 1.29 bits per heavy atom. The van der Waals surface area contributed by atoms with Crippen molar-refractivity contribution in [1.29, 1.82) is 0 Å². The van der Waals surface area contributed by atoms with E-state index in [9.17, 15) is 12.8 Å². The number of guanidine groups is 1. The summed E-state index contributed by atoms with van der Waals surface area (Å²) in [5.41, 5.74) is -0.200. The van der Waals surface area contributed by atoms with Crippen LogP contribution in [-0.2, 0) is 9.84 Å². The van der Waals surface area contributed by atoms with Gasteiger partial charge in [-0.2, -0.15) is 0 Å². The van der Waals surface area contributed by atoms with Gasteiger partial charge >= 0.3 is 0 Å². The number of ether oxygens (including phenoxy) is 1. The van der Waals surface area contributed by atoms with Crippen molar-refractivity contribution in [3.63, 3.8) is 0 Å².